The van der Waals surface area contributed by atoms with Gasteiger partial charge in [-0.15, -0.1) is 0 Å². The zero-order valence-electron chi connectivity index (χ0n) is 18.0. The van der Waals surface area contributed by atoms with Crippen molar-refractivity contribution in [2.75, 3.05) is 20.7 Å². The molecule has 1 heterocycles. The van der Waals surface area contributed by atoms with Crippen molar-refractivity contribution in [3.8, 4) is 5.75 Å². The molecule has 0 N–H and O–H groups in total. The normalized spacial score (nSPS) is 20.3. The van der Waals surface area contributed by atoms with Gasteiger partial charge in [-0.2, -0.15) is 0 Å². The van der Waals surface area contributed by atoms with Crippen LogP contribution in [0.3, 0.4) is 0 Å². The van der Waals surface area contributed by atoms with Crippen molar-refractivity contribution in [3.05, 3.63) is 75.5 Å². The first kappa shape index (κ1) is 22.0. The second-order valence-corrected chi connectivity index (χ2v) is 7.60. The number of piperazine rings is 1. The van der Waals surface area contributed by atoms with Crippen LogP contribution in [0.15, 0.2) is 54.2 Å². The molecule has 1 fully saturated rings. The second-order valence-electron chi connectivity index (χ2n) is 7.60. The van der Waals surface area contributed by atoms with Crippen LogP contribution in [0.4, 0.5) is 5.69 Å². The lowest BCUT2D eigenvalue weighted by atomic mass is 9.87. The Morgan fingerprint density at radius 2 is 1.81 bits per heavy atom. The number of amides is 2. The Hall–Kier alpha value is -3.68. The van der Waals surface area contributed by atoms with Crippen molar-refractivity contribution in [2.24, 2.45) is 0 Å². The van der Waals surface area contributed by atoms with E-state index >= 15 is 0 Å². The first-order valence-corrected chi connectivity index (χ1v) is 9.92. The molecular weight excluding hydrogens is 398 g/mol. The molecule has 0 spiro atoms. The topological polar surface area (TPSA) is 93.0 Å². The minimum Gasteiger partial charge on any atom is -0.494 e. The van der Waals surface area contributed by atoms with Gasteiger partial charge in [0.15, 0.2) is 0 Å². The lowest BCUT2D eigenvalue weighted by molar-refractivity contribution is -0.385. The number of hydrogen-bond acceptors (Lipinski definition) is 5. The number of likely N-dealkylation sites (N-methyl/N-ethyl adjacent to an activating group) is 2. The molecule has 8 nitrogen and oxygen atoms in total. The van der Waals surface area contributed by atoms with E-state index in [1.165, 1.54) is 41.1 Å². The van der Waals surface area contributed by atoms with Crippen molar-refractivity contribution < 1.29 is 19.2 Å². The summed E-state index contributed by atoms with van der Waals surface area (Å²) in [6, 6.07) is 13.8. The van der Waals surface area contributed by atoms with E-state index in [1.807, 2.05) is 30.3 Å². The molecule has 2 amide bonds. The van der Waals surface area contributed by atoms with Crippen LogP contribution in [-0.2, 0) is 16.0 Å². The van der Waals surface area contributed by atoms with Crippen molar-refractivity contribution in [1.82, 2.24) is 9.80 Å². The maximum Gasteiger partial charge on any atom is 0.276 e. The number of hydrogen-bond donors (Lipinski definition) is 0. The molecule has 1 aliphatic rings. The molecule has 0 aromatic heterocycles. The van der Waals surface area contributed by atoms with Crippen molar-refractivity contribution in [2.45, 2.75) is 25.8 Å². The summed E-state index contributed by atoms with van der Waals surface area (Å²) >= 11 is 0. The van der Waals surface area contributed by atoms with Gasteiger partial charge in [-0.05, 0) is 37.6 Å². The van der Waals surface area contributed by atoms with E-state index in [1.54, 1.807) is 20.9 Å². The minimum absolute atomic E-state index is 0.0646. The Labute approximate surface area is 180 Å². The molecule has 2 aromatic carbocycles. The van der Waals surface area contributed by atoms with E-state index in [0.717, 1.165) is 5.56 Å². The summed E-state index contributed by atoms with van der Waals surface area (Å²) in [5, 5.41) is 11.5. The van der Waals surface area contributed by atoms with E-state index in [4.69, 9.17) is 4.74 Å². The quantitative estimate of drug-likeness (QED) is 0.404. The van der Waals surface area contributed by atoms with Crippen LogP contribution in [0.2, 0.25) is 0 Å². The van der Waals surface area contributed by atoms with Gasteiger partial charge in [0.1, 0.15) is 17.0 Å². The number of nitrogens with zero attached hydrogens (tertiary/aromatic N) is 3. The average Bonchev–Trinajstić information content (AvgIpc) is 2.75. The highest BCUT2D eigenvalue weighted by Gasteiger charge is 2.48. The second kappa shape index (κ2) is 8.59. The number of nitro groups is 1. The fourth-order valence-corrected chi connectivity index (χ4v) is 3.72. The Bertz CT molecular complexity index is 1050. The van der Waals surface area contributed by atoms with Crippen LogP contribution >= 0.6 is 0 Å². The molecule has 1 aliphatic heterocycles. The third-order valence-corrected chi connectivity index (χ3v) is 5.58. The lowest BCUT2D eigenvalue weighted by Crippen LogP contribution is -2.64. The van der Waals surface area contributed by atoms with Gasteiger partial charge in [0.25, 0.3) is 17.5 Å². The standard InChI is InChI=1S/C23H25N3O5/c1-5-31-18-11-12-19(26(29)30)17(13-18)14-20-21(27)25(4)23(2,22(28)24(20)3)15-16-9-7-6-8-10-16/h6-14H,5,15H2,1-4H3. The van der Waals surface area contributed by atoms with Crippen LogP contribution in [0.1, 0.15) is 25.0 Å². The summed E-state index contributed by atoms with van der Waals surface area (Å²) in [6.45, 7) is 3.93. The summed E-state index contributed by atoms with van der Waals surface area (Å²) in [4.78, 5) is 40.2. The van der Waals surface area contributed by atoms with Crippen LogP contribution in [0.25, 0.3) is 6.08 Å². The molecule has 0 aliphatic carbocycles. The molecule has 0 radical (unpaired) electrons. The zero-order chi connectivity index (χ0) is 22.8. The molecule has 162 valence electrons. The smallest absolute Gasteiger partial charge is 0.276 e. The Morgan fingerprint density at radius 3 is 2.42 bits per heavy atom. The molecule has 0 bridgehead atoms. The monoisotopic (exact) mass is 423 g/mol. The maximum atomic E-state index is 13.3. The fourth-order valence-electron chi connectivity index (χ4n) is 3.72. The fraction of sp³-hybridized carbons (Fsp3) is 0.304. The van der Waals surface area contributed by atoms with Gasteiger partial charge in [0.2, 0.25) is 0 Å². The number of carbonyl (C=O) groups is 2. The predicted molar refractivity (Wildman–Crippen MR) is 116 cm³/mol. The Kier molecular flexibility index (Phi) is 6.10. The third kappa shape index (κ3) is 4.14. The molecule has 31 heavy (non-hydrogen) atoms. The predicted octanol–water partition coefficient (Wildman–Crippen LogP) is 3.27. The van der Waals surface area contributed by atoms with Crippen LogP contribution < -0.4 is 4.74 Å². The van der Waals surface area contributed by atoms with E-state index in [2.05, 4.69) is 0 Å². The first-order valence-electron chi connectivity index (χ1n) is 9.92. The number of rotatable bonds is 6. The first-order chi connectivity index (χ1) is 14.7. The molecular formula is C23H25N3O5. The molecule has 0 saturated carbocycles. The molecule has 1 unspecified atom stereocenters. The molecule has 1 atom stereocenters. The van der Waals surface area contributed by atoms with Gasteiger partial charge in [-0.1, -0.05) is 30.3 Å². The zero-order valence-corrected chi connectivity index (χ0v) is 18.0. The summed E-state index contributed by atoms with van der Waals surface area (Å²) in [5.41, 5.74) is -0.0681. The van der Waals surface area contributed by atoms with Crippen molar-refractivity contribution in [3.63, 3.8) is 0 Å². The number of nitro benzene ring substituents is 1. The van der Waals surface area contributed by atoms with E-state index in [-0.39, 0.29) is 22.9 Å². The van der Waals surface area contributed by atoms with Crippen molar-refractivity contribution in [1.29, 1.82) is 0 Å². The highest BCUT2D eigenvalue weighted by Crippen LogP contribution is 2.33. The Balaban J connectivity index is 2.03. The maximum absolute atomic E-state index is 13.3. The molecule has 1 saturated heterocycles. The van der Waals surface area contributed by atoms with Crippen LogP contribution in [0.5, 0.6) is 5.75 Å². The van der Waals surface area contributed by atoms with Crippen molar-refractivity contribution >= 4 is 23.6 Å². The number of ether oxygens (including phenoxy) is 1. The average molecular weight is 423 g/mol. The summed E-state index contributed by atoms with van der Waals surface area (Å²) in [5.74, 6) is -0.218. The molecule has 2 aromatic rings. The molecule has 8 heteroatoms. The Morgan fingerprint density at radius 1 is 1.13 bits per heavy atom. The summed E-state index contributed by atoms with van der Waals surface area (Å²) < 4.78 is 5.44. The number of carbonyl (C=O) groups excluding carboxylic acids is 2. The molecule has 3 rings (SSSR count). The minimum atomic E-state index is -1.08. The summed E-state index contributed by atoms with van der Waals surface area (Å²) in [6.07, 6.45) is 1.73. The van der Waals surface area contributed by atoms with Gasteiger partial charge in [-0.3, -0.25) is 19.7 Å². The van der Waals surface area contributed by atoms with Gasteiger partial charge in [-0.25, -0.2) is 0 Å². The van der Waals surface area contributed by atoms with Gasteiger partial charge in [0.05, 0.1) is 17.1 Å². The highest BCUT2D eigenvalue weighted by molar-refractivity contribution is 6.09. The van der Waals surface area contributed by atoms with Gasteiger partial charge >= 0.3 is 0 Å². The van der Waals surface area contributed by atoms with Crippen LogP contribution in [0, 0.1) is 10.1 Å². The van der Waals surface area contributed by atoms with Gasteiger partial charge in [0, 0.05) is 26.6 Å². The summed E-state index contributed by atoms with van der Waals surface area (Å²) in [7, 11) is 3.09. The van der Waals surface area contributed by atoms with E-state index in [9.17, 15) is 19.7 Å². The van der Waals surface area contributed by atoms with Crippen LogP contribution in [-0.4, -0.2) is 52.8 Å². The highest BCUT2D eigenvalue weighted by atomic mass is 16.6. The third-order valence-electron chi connectivity index (χ3n) is 5.58. The lowest BCUT2D eigenvalue weighted by Gasteiger charge is -2.45. The SMILES string of the molecule is CCOc1ccc([N+](=O)[O-])c(C=C2C(=O)N(C)C(C)(Cc3ccccc3)C(=O)N2C)c1. The number of benzene rings is 2. The van der Waals surface area contributed by atoms with E-state index in [0.29, 0.717) is 18.8 Å². The van der Waals surface area contributed by atoms with E-state index < -0.39 is 16.4 Å². The largest absolute Gasteiger partial charge is 0.494 e. The van der Waals surface area contributed by atoms with Gasteiger partial charge < -0.3 is 14.5 Å².